The van der Waals surface area contributed by atoms with Crippen LogP contribution in [0.1, 0.15) is 6.92 Å². The van der Waals surface area contributed by atoms with Crippen molar-refractivity contribution in [2.24, 2.45) is 4.99 Å². The average Bonchev–Trinajstić information content (AvgIpc) is 1.60. The highest BCUT2D eigenvalue weighted by Crippen LogP contribution is 2.17. The van der Waals surface area contributed by atoms with Gasteiger partial charge in [0.1, 0.15) is 5.16 Å². The molecule has 0 amide bonds. The zero-order valence-corrected chi connectivity index (χ0v) is 6.37. The van der Waals surface area contributed by atoms with Crippen molar-refractivity contribution in [2.45, 2.75) is 12.0 Å². The van der Waals surface area contributed by atoms with E-state index in [4.69, 9.17) is 23.2 Å². The van der Waals surface area contributed by atoms with E-state index in [0.29, 0.717) is 5.16 Å². The molecule has 1 unspecified atom stereocenters. The van der Waals surface area contributed by atoms with Crippen LogP contribution in [0.15, 0.2) is 16.2 Å². The first-order valence-corrected chi connectivity index (χ1v) is 3.24. The zero-order valence-electron chi connectivity index (χ0n) is 4.86. The SMILES string of the molecule is CC1(Cl)N=CC=C(Cl)N1. The van der Waals surface area contributed by atoms with Gasteiger partial charge in [-0.25, -0.2) is 0 Å². The predicted molar refractivity (Wildman–Crippen MR) is 39.8 cm³/mol. The Balaban J connectivity index is 2.73. The van der Waals surface area contributed by atoms with E-state index in [0.717, 1.165) is 0 Å². The van der Waals surface area contributed by atoms with Gasteiger partial charge in [0.05, 0.1) is 0 Å². The number of alkyl halides is 1. The fraction of sp³-hybridized carbons (Fsp3) is 0.400. The van der Waals surface area contributed by atoms with Crippen LogP contribution in [0, 0.1) is 0 Å². The van der Waals surface area contributed by atoms with Crippen molar-refractivity contribution in [1.82, 2.24) is 5.32 Å². The minimum atomic E-state index is -0.758. The third-order valence-corrected chi connectivity index (χ3v) is 1.30. The molecule has 0 saturated carbocycles. The minimum Gasteiger partial charge on any atom is -0.340 e. The van der Waals surface area contributed by atoms with E-state index in [1.165, 1.54) is 0 Å². The zero-order chi connectivity index (χ0) is 6.91. The molecule has 1 heterocycles. The summed E-state index contributed by atoms with van der Waals surface area (Å²) in [7, 11) is 0. The molecule has 0 aromatic carbocycles. The van der Waals surface area contributed by atoms with E-state index >= 15 is 0 Å². The molecule has 0 aliphatic carbocycles. The summed E-state index contributed by atoms with van der Waals surface area (Å²) in [5, 5.41) is 2.51. The van der Waals surface area contributed by atoms with Gasteiger partial charge in [-0.3, -0.25) is 4.99 Å². The predicted octanol–water partition coefficient (Wildman–Crippen LogP) is 1.65. The van der Waals surface area contributed by atoms with Crippen LogP contribution < -0.4 is 5.32 Å². The van der Waals surface area contributed by atoms with Crippen molar-refractivity contribution >= 4 is 29.4 Å². The number of aliphatic imine (C=N–C) groups is 1. The fourth-order valence-electron chi connectivity index (χ4n) is 0.535. The fourth-order valence-corrected chi connectivity index (χ4v) is 0.981. The molecular weight excluding hydrogens is 159 g/mol. The highest BCUT2D eigenvalue weighted by molar-refractivity contribution is 6.32. The molecule has 0 saturated heterocycles. The maximum atomic E-state index is 5.73. The van der Waals surface area contributed by atoms with Crippen LogP contribution in [0.4, 0.5) is 0 Å². The van der Waals surface area contributed by atoms with Gasteiger partial charge >= 0.3 is 0 Å². The summed E-state index contributed by atoms with van der Waals surface area (Å²) >= 11 is 11.3. The van der Waals surface area contributed by atoms with Crippen molar-refractivity contribution in [3.63, 3.8) is 0 Å². The molecule has 4 heteroatoms. The Morgan fingerprint density at radius 2 is 2.44 bits per heavy atom. The summed E-state index contributed by atoms with van der Waals surface area (Å²) in [6.45, 7) is 1.72. The Bertz CT molecular complexity index is 172. The Morgan fingerprint density at radius 1 is 1.78 bits per heavy atom. The van der Waals surface area contributed by atoms with Gasteiger partial charge in [0.15, 0.2) is 0 Å². The number of hydrogen-bond acceptors (Lipinski definition) is 2. The van der Waals surface area contributed by atoms with Crippen LogP contribution in [0.5, 0.6) is 0 Å². The molecular formula is C5H6Cl2N2. The molecule has 1 aliphatic heterocycles. The van der Waals surface area contributed by atoms with Crippen molar-refractivity contribution < 1.29 is 0 Å². The lowest BCUT2D eigenvalue weighted by Gasteiger charge is -2.21. The lowest BCUT2D eigenvalue weighted by Crippen LogP contribution is -2.34. The minimum absolute atomic E-state index is 0.516. The van der Waals surface area contributed by atoms with Crippen molar-refractivity contribution in [2.75, 3.05) is 0 Å². The highest BCUT2D eigenvalue weighted by Gasteiger charge is 2.19. The maximum absolute atomic E-state index is 5.73. The number of nitrogens with one attached hydrogen (secondary N) is 1. The Morgan fingerprint density at radius 3 is 2.78 bits per heavy atom. The van der Waals surface area contributed by atoms with E-state index < -0.39 is 5.12 Å². The monoisotopic (exact) mass is 164 g/mol. The van der Waals surface area contributed by atoms with Gasteiger partial charge in [0.25, 0.3) is 0 Å². The third-order valence-electron chi connectivity index (χ3n) is 0.885. The molecule has 1 atom stereocenters. The number of rotatable bonds is 0. The number of hydrogen-bond donors (Lipinski definition) is 1. The smallest absolute Gasteiger partial charge is 0.203 e. The van der Waals surface area contributed by atoms with Gasteiger partial charge in [-0.1, -0.05) is 23.2 Å². The summed E-state index contributed by atoms with van der Waals surface area (Å²) < 4.78 is 0. The molecule has 0 bridgehead atoms. The molecule has 1 aliphatic rings. The van der Waals surface area contributed by atoms with E-state index in [2.05, 4.69) is 10.3 Å². The first-order valence-electron chi connectivity index (χ1n) is 2.48. The number of allylic oxidation sites excluding steroid dienone is 1. The molecule has 9 heavy (non-hydrogen) atoms. The first kappa shape index (κ1) is 6.90. The van der Waals surface area contributed by atoms with Crippen LogP contribution in [0.25, 0.3) is 0 Å². The lowest BCUT2D eigenvalue weighted by atomic mass is 10.5. The molecule has 0 fully saturated rings. The number of nitrogens with zero attached hydrogens (tertiary/aromatic N) is 1. The third kappa shape index (κ3) is 1.88. The summed E-state index contributed by atoms with van der Waals surface area (Å²) in [6.07, 6.45) is 3.22. The van der Waals surface area contributed by atoms with Gasteiger partial charge < -0.3 is 5.32 Å². The average molecular weight is 165 g/mol. The molecule has 0 spiro atoms. The van der Waals surface area contributed by atoms with Crippen LogP contribution >= 0.6 is 23.2 Å². The quantitative estimate of drug-likeness (QED) is 0.428. The van der Waals surface area contributed by atoms with Gasteiger partial charge in [-0.15, -0.1) is 0 Å². The molecule has 1 N–H and O–H groups in total. The second kappa shape index (κ2) is 2.20. The van der Waals surface area contributed by atoms with Crippen molar-refractivity contribution in [3.05, 3.63) is 11.2 Å². The molecule has 50 valence electrons. The Labute approximate surface area is 63.6 Å². The standard InChI is InChI=1S/C5H6Cl2N2/c1-5(7)8-3-2-4(6)9-5/h2-3,9H,1H3. The normalized spacial score (nSPS) is 33.4. The van der Waals surface area contributed by atoms with E-state index in [1.807, 2.05) is 0 Å². The molecule has 2 nitrogen and oxygen atoms in total. The molecule has 0 radical (unpaired) electrons. The maximum Gasteiger partial charge on any atom is 0.203 e. The van der Waals surface area contributed by atoms with E-state index in [1.54, 1.807) is 19.2 Å². The van der Waals surface area contributed by atoms with Crippen LogP contribution in [0.3, 0.4) is 0 Å². The first-order chi connectivity index (χ1) is 4.10. The summed E-state index contributed by atoms with van der Waals surface area (Å²) in [5.74, 6) is 0. The summed E-state index contributed by atoms with van der Waals surface area (Å²) in [4.78, 5) is 3.88. The van der Waals surface area contributed by atoms with Crippen LogP contribution in [-0.4, -0.2) is 11.3 Å². The molecule has 0 aromatic rings. The van der Waals surface area contributed by atoms with E-state index in [9.17, 15) is 0 Å². The van der Waals surface area contributed by atoms with Gasteiger partial charge in [0.2, 0.25) is 5.12 Å². The van der Waals surface area contributed by atoms with Gasteiger partial charge in [0, 0.05) is 6.21 Å². The Hall–Kier alpha value is -0.210. The number of halogens is 2. The van der Waals surface area contributed by atoms with E-state index in [-0.39, 0.29) is 0 Å². The molecule has 1 rings (SSSR count). The Kier molecular flexibility index (Phi) is 1.68. The second-order valence-electron chi connectivity index (χ2n) is 1.87. The van der Waals surface area contributed by atoms with Gasteiger partial charge in [-0.2, -0.15) is 0 Å². The van der Waals surface area contributed by atoms with Gasteiger partial charge in [-0.05, 0) is 13.0 Å². The van der Waals surface area contributed by atoms with Crippen LogP contribution in [-0.2, 0) is 0 Å². The second-order valence-corrected chi connectivity index (χ2v) is 3.01. The van der Waals surface area contributed by atoms with Crippen LogP contribution in [0.2, 0.25) is 0 Å². The largest absolute Gasteiger partial charge is 0.340 e. The summed E-state index contributed by atoms with van der Waals surface area (Å²) in [5.41, 5.74) is 0. The van der Waals surface area contributed by atoms with Crippen molar-refractivity contribution in [3.8, 4) is 0 Å². The topological polar surface area (TPSA) is 24.4 Å². The highest BCUT2D eigenvalue weighted by atomic mass is 35.5. The van der Waals surface area contributed by atoms with Crippen molar-refractivity contribution in [1.29, 1.82) is 0 Å². The summed E-state index contributed by atoms with van der Waals surface area (Å²) in [6, 6.07) is 0. The molecule has 0 aromatic heterocycles. The lowest BCUT2D eigenvalue weighted by molar-refractivity contribution is 0.587.